The van der Waals surface area contributed by atoms with Crippen molar-refractivity contribution in [1.82, 2.24) is 4.98 Å². The summed E-state index contributed by atoms with van der Waals surface area (Å²) < 4.78 is 0.908. The van der Waals surface area contributed by atoms with Crippen molar-refractivity contribution in [3.05, 3.63) is 22.3 Å². The minimum atomic E-state index is 0.522. The molecule has 0 aliphatic heterocycles. The first-order chi connectivity index (χ1) is 6.63. The lowest BCUT2D eigenvalue weighted by molar-refractivity contribution is 0.963. The van der Waals surface area contributed by atoms with Gasteiger partial charge in [0.2, 0.25) is 0 Å². The summed E-state index contributed by atoms with van der Waals surface area (Å²) in [6.07, 6.45) is 4.10. The van der Waals surface area contributed by atoms with Crippen molar-refractivity contribution in [3.8, 4) is 0 Å². The van der Waals surface area contributed by atoms with Gasteiger partial charge in [0.25, 0.3) is 0 Å². The van der Waals surface area contributed by atoms with Crippen LogP contribution in [0.25, 0.3) is 0 Å². The van der Waals surface area contributed by atoms with E-state index < -0.39 is 0 Å². The molecule has 0 unspecified atom stereocenters. The summed E-state index contributed by atoms with van der Waals surface area (Å²) in [5.74, 6) is 0.522. The van der Waals surface area contributed by atoms with Gasteiger partial charge in [-0.25, -0.2) is 4.98 Å². The van der Waals surface area contributed by atoms with Crippen molar-refractivity contribution >= 4 is 27.5 Å². The largest absolute Gasteiger partial charge is 0.383 e. The maximum atomic E-state index is 7.69. The number of nitrogen functional groups attached to an aromatic ring is 1. The molecule has 0 atom stereocenters. The van der Waals surface area contributed by atoms with E-state index in [0.717, 1.165) is 22.9 Å². The lowest BCUT2D eigenvalue weighted by atomic mass is 10.1. The summed E-state index contributed by atoms with van der Waals surface area (Å²) in [7, 11) is 0. The topological polar surface area (TPSA) is 62.8 Å². The van der Waals surface area contributed by atoms with Crippen molar-refractivity contribution in [2.75, 3.05) is 5.73 Å². The Labute approximate surface area is 92.4 Å². The lowest BCUT2D eigenvalue weighted by Crippen LogP contribution is -2.05. The molecule has 0 saturated heterocycles. The van der Waals surface area contributed by atoms with Crippen LogP contribution in [0.15, 0.2) is 16.7 Å². The minimum Gasteiger partial charge on any atom is -0.383 e. The smallest absolute Gasteiger partial charge is 0.126 e. The Bertz CT molecular complexity index is 336. The first-order valence-electron chi connectivity index (χ1n) is 4.59. The second-order valence-corrected chi connectivity index (χ2v) is 4.14. The van der Waals surface area contributed by atoms with E-state index in [2.05, 4.69) is 27.8 Å². The van der Waals surface area contributed by atoms with Crippen LogP contribution in [0.4, 0.5) is 5.82 Å². The van der Waals surface area contributed by atoms with Crippen molar-refractivity contribution < 1.29 is 0 Å². The highest BCUT2D eigenvalue weighted by atomic mass is 79.9. The summed E-state index contributed by atoms with van der Waals surface area (Å²) in [6.45, 7) is 2.07. The first-order valence-corrected chi connectivity index (χ1v) is 5.39. The monoisotopic (exact) mass is 255 g/mol. The zero-order valence-electron chi connectivity index (χ0n) is 8.18. The molecule has 0 amide bonds. The number of hydrogen-bond donors (Lipinski definition) is 2. The molecular weight excluding hydrogens is 242 g/mol. The van der Waals surface area contributed by atoms with E-state index in [9.17, 15) is 0 Å². The first kappa shape index (κ1) is 11.2. The summed E-state index contributed by atoms with van der Waals surface area (Å²) in [4.78, 5) is 4.03. The van der Waals surface area contributed by atoms with E-state index >= 15 is 0 Å². The molecular formula is C10H14BrN3. The summed E-state index contributed by atoms with van der Waals surface area (Å²) in [5, 5.41) is 7.69. The van der Waals surface area contributed by atoms with Gasteiger partial charge in [-0.15, -0.1) is 0 Å². The van der Waals surface area contributed by atoms with Crippen LogP contribution in [-0.4, -0.2) is 10.7 Å². The SMILES string of the molecule is CCCC(=N)Cc1cc(Br)cnc1N. The number of pyridine rings is 1. The molecule has 1 aromatic rings. The number of aromatic nitrogens is 1. The van der Waals surface area contributed by atoms with E-state index in [-0.39, 0.29) is 0 Å². The zero-order valence-corrected chi connectivity index (χ0v) is 9.76. The van der Waals surface area contributed by atoms with Gasteiger partial charge in [0, 0.05) is 28.4 Å². The van der Waals surface area contributed by atoms with Gasteiger partial charge in [0.05, 0.1) is 0 Å². The molecule has 0 aliphatic carbocycles. The summed E-state index contributed by atoms with van der Waals surface area (Å²) in [6, 6.07) is 1.92. The minimum absolute atomic E-state index is 0.522. The van der Waals surface area contributed by atoms with Crippen LogP contribution in [0.3, 0.4) is 0 Å². The summed E-state index contributed by atoms with van der Waals surface area (Å²) in [5.41, 5.74) is 7.34. The highest BCUT2D eigenvalue weighted by Gasteiger charge is 2.04. The van der Waals surface area contributed by atoms with Crippen molar-refractivity contribution in [1.29, 1.82) is 5.41 Å². The summed E-state index contributed by atoms with van der Waals surface area (Å²) >= 11 is 3.34. The molecule has 3 N–H and O–H groups in total. The third-order valence-corrected chi connectivity index (χ3v) is 2.36. The van der Waals surface area contributed by atoms with Crippen molar-refractivity contribution in [2.45, 2.75) is 26.2 Å². The Morgan fingerprint density at radius 1 is 1.64 bits per heavy atom. The fourth-order valence-electron chi connectivity index (χ4n) is 1.25. The van der Waals surface area contributed by atoms with Gasteiger partial charge in [-0.05, 0) is 28.4 Å². The van der Waals surface area contributed by atoms with Gasteiger partial charge in [-0.2, -0.15) is 0 Å². The Morgan fingerprint density at radius 2 is 2.36 bits per heavy atom. The second-order valence-electron chi connectivity index (χ2n) is 3.23. The maximum Gasteiger partial charge on any atom is 0.126 e. The van der Waals surface area contributed by atoms with E-state index in [1.165, 1.54) is 0 Å². The highest BCUT2D eigenvalue weighted by Crippen LogP contribution is 2.16. The number of nitrogens with one attached hydrogen (secondary N) is 1. The third kappa shape index (κ3) is 3.10. The average Bonchev–Trinajstić information content (AvgIpc) is 2.12. The highest BCUT2D eigenvalue weighted by molar-refractivity contribution is 9.10. The number of nitrogens with zero attached hydrogens (tertiary/aromatic N) is 1. The number of hydrogen-bond acceptors (Lipinski definition) is 3. The predicted octanol–water partition coefficient (Wildman–Crippen LogP) is 2.79. The van der Waals surface area contributed by atoms with Gasteiger partial charge < -0.3 is 11.1 Å². The molecule has 0 bridgehead atoms. The van der Waals surface area contributed by atoms with Crippen LogP contribution in [0, 0.1) is 5.41 Å². The van der Waals surface area contributed by atoms with Crippen LogP contribution in [-0.2, 0) is 6.42 Å². The maximum absolute atomic E-state index is 7.69. The molecule has 1 heterocycles. The Hall–Kier alpha value is -0.900. The van der Waals surface area contributed by atoms with E-state index in [4.69, 9.17) is 11.1 Å². The van der Waals surface area contributed by atoms with E-state index in [0.29, 0.717) is 18.0 Å². The van der Waals surface area contributed by atoms with Crippen molar-refractivity contribution in [3.63, 3.8) is 0 Å². The number of nitrogens with two attached hydrogens (primary N) is 1. The van der Waals surface area contributed by atoms with Gasteiger partial charge in [-0.1, -0.05) is 13.3 Å². The molecule has 1 rings (SSSR count). The standard InChI is InChI=1S/C10H14BrN3/c1-2-3-9(12)5-7-4-8(11)6-14-10(7)13/h4,6,12H,2-3,5H2,1H3,(H2,13,14). The van der Waals surface area contributed by atoms with E-state index in [1.807, 2.05) is 6.07 Å². The van der Waals surface area contributed by atoms with Crippen LogP contribution in [0.2, 0.25) is 0 Å². The molecule has 0 fully saturated rings. The molecule has 76 valence electrons. The molecule has 0 radical (unpaired) electrons. The fourth-order valence-corrected chi connectivity index (χ4v) is 1.63. The fraction of sp³-hybridized carbons (Fsp3) is 0.400. The van der Waals surface area contributed by atoms with Gasteiger partial charge in [0.1, 0.15) is 5.82 Å². The number of rotatable bonds is 4. The molecule has 0 spiro atoms. The van der Waals surface area contributed by atoms with Gasteiger partial charge in [0.15, 0.2) is 0 Å². The molecule has 3 nitrogen and oxygen atoms in total. The number of halogens is 1. The van der Waals surface area contributed by atoms with Crippen LogP contribution in [0.5, 0.6) is 0 Å². The Morgan fingerprint density at radius 3 is 3.00 bits per heavy atom. The average molecular weight is 256 g/mol. The zero-order chi connectivity index (χ0) is 10.6. The third-order valence-electron chi connectivity index (χ3n) is 1.92. The van der Waals surface area contributed by atoms with Crippen LogP contribution < -0.4 is 5.73 Å². The van der Waals surface area contributed by atoms with Crippen molar-refractivity contribution in [2.24, 2.45) is 0 Å². The molecule has 0 aromatic carbocycles. The Balaban J connectivity index is 2.75. The Kier molecular flexibility index (Phi) is 4.07. The molecule has 4 heteroatoms. The quantitative estimate of drug-likeness (QED) is 0.813. The normalized spacial score (nSPS) is 10.1. The van der Waals surface area contributed by atoms with E-state index in [1.54, 1.807) is 6.20 Å². The van der Waals surface area contributed by atoms with Gasteiger partial charge >= 0.3 is 0 Å². The predicted molar refractivity (Wildman–Crippen MR) is 62.7 cm³/mol. The molecule has 14 heavy (non-hydrogen) atoms. The molecule has 0 saturated carbocycles. The number of anilines is 1. The second kappa shape index (κ2) is 5.10. The molecule has 1 aromatic heterocycles. The lowest BCUT2D eigenvalue weighted by Gasteiger charge is -2.05. The van der Waals surface area contributed by atoms with Gasteiger partial charge in [-0.3, -0.25) is 0 Å². The molecule has 0 aliphatic rings. The van der Waals surface area contributed by atoms with Crippen LogP contribution >= 0.6 is 15.9 Å². The van der Waals surface area contributed by atoms with Crippen LogP contribution in [0.1, 0.15) is 25.3 Å².